The van der Waals surface area contributed by atoms with E-state index in [9.17, 15) is 18.0 Å². The lowest BCUT2D eigenvalue weighted by Gasteiger charge is -2.43. The molecule has 1 fully saturated rings. The first-order valence-corrected chi connectivity index (χ1v) is 19.7. The number of anilines is 1. The third kappa shape index (κ3) is 4.63. The van der Waals surface area contributed by atoms with Crippen molar-refractivity contribution in [3.63, 3.8) is 0 Å². The van der Waals surface area contributed by atoms with Crippen LogP contribution in [0.25, 0.3) is 0 Å². The van der Waals surface area contributed by atoms with Crippen molar-refractivity contribution in [2.24, 2.45) is 0 Å². The normalized spacial score (nSPS) is 29.2. The highest BCUT2D eigenvalue weighted by molar-refractivity contribution is 7.90. The van der Waals surface area contributed by atoms with Crippen molar-refractivity contribution in [3.8, 4) is 0 Å². The fraction of sp³-hybridized carbons (Fsp3) is 0.739. The summed E-state index contributed by atoms with van der Waals surface area (Å²) in [5.41, 5.74) is -2.81. The van der Waals surface area contributed by atoms with Gasteiger partial charge in [-0.15, -0.1) is 0 Å². The fourth-order valence-corrected chi connectivity index (χ4v) is 7.82. The second-order valence-corrected chi connectivity index (χ2v) is 24.1. The summed E-state index contributed by atoms with van der Waals surface area (Å²) in [5.74, 6) is 0.0974. The highest BCUT2D eigenvalue weighted by Crippen LogP contribution is 2.54. The van der Waals surface area contributed by atoms with Crippen LogP contribution in [0.4, 0.5) is 5.82 Å². The number of nitrogens with zero attached hydrogens (tertiary/aromatic N) is 1. The number of hydrogen-bond donors (Lipinski definition) is 2. The largest absolute Gasteiger partial charge is 0.414 e. The third-order valence-corrected chi connectivity index (χ3v) is 18.5. The minimum Gasteiger partial charge on any atom is -0.414 e. The molecule has 3 aliphatic rings. The van der Waals surface area contributed by atoms with Crippen LogP contribution in [0, 0.1) is 0 Å². The lowest BCUT2D eigenvalue weighted by Crippen LogP contribution is -2.58. The molecule has 14 heteroatoms. The lowest BCUT2D eigenvalue weighted by molar-refractivity contribution is -0.0571. The average Bonchev–Trinajstić information content (AvgIpc) is 3.07. The quantitative estimate of drug-likeness (QED) is 0.402. The Morgan fingerprint density at radius 1 is 1.05 bits per heavy atom. The van der Waals surface area contributed by atoms with E-state index in [0.717, 1.165) is 5.41 Å². The predicted octanol–water partition coefficient (Wildman–Crippen LogP) is 3.21. The van der Waals surface area contributed by atoms with E-state index < -0.39 is 62.0 Å². The maximum atomic E-state index is 13.1. The zero-order chi connectivity index (χ0) is 28.0. The van der Waals surface area contributed by atoms with Crippen LogP contribution >= 0.6 is 0 Å². The second-order valence-electron chi connectivity index (χ2n) is 13.1. The molecule has 0 amide bonds. The molecule has 3 aliphatic heterocycles. The van der Waals surface area contributed by atoms with Gasteiger partial charge in [-0.2, -0.15) is 8.42 Å². The molecule has 11 nitrogen and oxygen atoms in total. The molecule has 1 spiro atoms. The summed E-state index contributed by atoms with van der Waals surface area (Å²) >= 11 is 0. The molecule has 0 aromatic carbocycles. The van der Waals surface area contributed by atoms with Gasteiger partial charge in [-0.3, -0.25) is 9.78 Å². The van der Waals surface area contributed by atoms with E-state index in [4.69, 9.17) is 17.8 Å². The number of hydrogen-bond acceptors (Lipinski definition) is 9. The Morgan fingerprint density at radius 2 is 1.65 bits per heavy atom. The van der Waals surface area contributed by atoms with E-state index in [1.54, 1.807) is 0 Å². The van der Waals surface area contributed by atoms with Crippen LogP contribution in [0.5, 0.6) is 0 Å². The van der Waals surface area contributed by atoms with E-state index in [-0.39, 0.29) is 28.2 Å². The van der Waals surface area contributed by atoms with E-state index in [1.165, 1.54) is 10.6 Å². The fourth-order valence-electron chi connectivity index (χ4n) is 4.28. The molecule has 4 unspecified atom stereocenters. The van der Waals surface area contributed by atoms with Crippen LogP contribution in [-0.4, -0.2) is 59.0 Å². The molecular formula is C23H39N3O8SSi2. The molecule has 208 valence electrons. The summed E-state index contributed by atoms with van der Waals surface area (Å²) in [4.78, 5) is 27.5. The maximum Gasteiger partial charge on any atom is 0.332 e. The zero-order valence-electron chi connectivity index (χ0n) is 23.2. The van der Waals surface area contributed by atoms with Gasteiger partial charge in [0.1, 0.15) is 18.0 Å². The summed E-state index contributed by atoms with van der Waals surface area (Å²) < 4.78 is 52.8. The summed E-state index contributed by atoms with van der Waals surface area (Å²) in [6.07, 6.45) is -3.00. The molecule has 37 heavy (non-hydrogen) atoms. The standard InChI is InChI=1S/C23H39N3O8SSi2/c1-21(2,3)36(7,8)31-12-15-23-14(13-35(29,30)34-23)24-16-11-17(27)25-20(28)26(16)19(32-15)18(23)33-37(9,10)22(4,5)6/h11,13,15,18-19,24H,12H2,1-10H3,(H,25,27,28). The highest BCUT2D eigenvalue weighted by atomic mass is 32.2. The van der Waals surface area contributed by atoms with Crippen molar-refractivity contribution in [1.82, 2.24) is 9.55 Å². The van der Waals surface area contributed by atoms with Gasteiger partial charge in [0.2, 0.25) is 0 Å². The van der Waals surface area contributed by atoms with Gasteiger partial charge < -0.3 is 18.9 Å². The smallest absolute Gasteiger partial charge is 0.332 e. The van der Waals surface area contributed by atoms with Gasteiger partial charge in [-0.05, 0) is 36.3 Å². The minimum absolute atomic E-state index is 0.0341. The summed E-state index contributed by atoms with van der Waals surface area (Å²) in [6.45, 7) is 20.8. The average molecular weight is 574 g/mol. The molecule has 4 atom stereocenters. The Bertz CT molecular complexity index is 1350. The highest BCUT2D eigenvalue weighted by Gasteiger charge is 2.69. The minimum atomic E-state index is -4.14. The number of rotatable bonds is 5. The number of aromatic amines is 1. The van der Waals surface area contributed by atoms with Gasteiger partial charge in [0.15, 0.2) is 28.5 Å². The number of nitrogens with one attached hydrogen (secondary N) is 2. The third-order valence-electron chi connectivity index (χ3n) is 8.52. The van der Waals surface area contributed by atoms with Gasteiger partial charge in [-0.1, -0.05) is 41.5 Å². The van der Waals surface area contributed by atoms with Crippen molar-refractivity contribution in [3.05, 3.63) is 38.0 Å². The zero-order valence-corrected chi connectivity index (χ0v) is 26.0. The molecule has 4 rings (SSSR count). The topological polar surface area (TPSA) is 138 Å². The molecule has 0 saturated carbocycles. The molecule has 1 aromatic rings. The molecule has 0 aliphatic carbocycles. The summed E-state index contributed by atoms with van der Waals surface area (Å²) in [5, 5.41) is 3.65. The van der Waals surface area contributed by atoms with E-state index >= 15 is 0 Å². The summed E-state index contributed by atoms with van der Waals surface area (Å²) in [7, 11) is -8.98. The van der Waals surface area contributed by atoms with Gasteiger partial charge in [-0.25, -0.2) is 13.5 Å². The summed E-state index contributed by atoms with van der Waals surface area (Å²) in [6, 6.07) is 1.19. The van der Waals surface area contributed by atoms with Gasteiger partial charge >= 0.3 is 5.69 Å². The van der Waals surface area contributed by atoms with Crippen LogP contribution in [0.15, 0.2) is 26.8 Å². The van der Waals surface area contributed by atoms with Crippen LogP contribution in [0.1, 0.15) is 47.8 Å². The molecule has 2 N–H and O–H groups in total. The predicted molar refractivity (Wildman–Crippen MR) is 145 cm³/mol. The van der Waals surface area contributed by atoms with Gasteiger partial charge in [0, 0.05) is 6.07 Å². The Kier molecular flexibility index (Phi) is 6.51. The van der Waals surface area contributed by atoms with Gasteiger partial charge in [0.25, 0.3) is 15.7 Å². The number of fused-ring (bicyclic) bond motifs is 3. The number of aromatic nitrogens is 2. The Hall–Kier alpha value is -1.56. The van der Waals surface area contributed by atoms with Crippen LogP contribution in [0.3, 0.4) is 0 Å². The number of ether oxygens (including phenoxy) is 1. The first kappa shape index (κ1) is 28.5. The van der Waals surface area contributed by atoms with Crippen molar-refractivity contribution in [2.75, 3.05) is 11.9 Å². The lowest BCUT2D eigenvalue weighted by atomic mass is 9.89. The molecule has 1 saturated heterocycles. The first-order chi connectivity index (χ1) is 16.6. The first-order valence-electron chi connectivity index (χ1n) is 12.4. The van der Waals surface area contributed by atoms with E-state index in [1.807, 2.05) is 13.1 Å². The van der Waals surface area contributed by atoms with E-state index in [2.05, 4.69) is 64.9 Å². The van der Waals surface area contributed by atoms with Crippen molar-refractivity contribution >= 4 is 32.6 Å². The molecular weight excluding hydrogens is 535 g/mol. The van der Waals surface area contributed by atoms with Crippen LogP contribution < -0.4 is 16.6 Å². The van der Waals surface area contributed by atoms with E-state index in [0.29, 0.717) is 0 Å². The SMILES string of the molecule is CC(C)(C)[Si](C)(C)OCC1OC2C(O[Si](C)(C)C(C)(C)C)C13OS(=O)(=O)C=C3Nc1cc(=O)[nH]c(=O)n12. The van der Waals surface area contributed by atoms with Crippen molar-refractivity contribution in [1.29, 1.82) is 0 Å². The van der Waals surface area contributed by atoms with Crippen LogP contribution in [0.2, 0.25) is 36.3 Å². The monoisotopic (exact) mass is 573 g/mol. The molecule has 1 aromatic heterocycles. The maximum absolute atomic E-state index is 13.1. The Labute approximate surface area is 219 Å². The molecule has 0 radical (unpaired) electrons. The molecule has 4 heterocycles. The van der Waals surface area contributed by atoms with Gasteiger partial charge in [0.05, 0.1) is 17.7 Å². The van der Waals surface area contributed by atoms with Crippen molar-refractivity contribution in [2.45, 2.75) is 102 Å². The Balaban J connectivity index is 1.92. The van der Waals surface area contributed by atoms with Crippen LogP contribution in [-0.2, 0) is 27.9 Å². The Morgan fingerprint density at radius 3 is 2.22 bits per heavy atom. The second kappa shape index (κ2) is 8.47. The van der Waals surface area contributed by atoms with Crippen molar-refractivity contribution < 1.29 is 26.2 Å². The molecule has 2 bridgehead atoms. The number of H-pyrrole nitrogens is 1.